The van der Waals surface area contributed by atoms with Gasteiger partial charge in [0.15, 0.2) is 0 Å². The van der Waals surface area contributed by atoms with Crippen LogP contribution in [0.4, 0.5) is 10.7 Å². The van der Waals surface area contributed by atoms with Crippen molar-refractivity contribution in [2.75, 3.05) is 32.1 Å². The highest BCUT2D eigenvalue weighted by Gasteiger charge is 2.41. The lowest BCUT2D eigenvalue weighted by Crippen LogP contribution is -2.44. The highest BCUT2D eigenvalue weighted by atomic mass is 32.2. The van der Waals surface area contributed by atoms with Gasteiger partial charge in [-0.05, 0) is 97.3 Å². The number of aromatic nitrogens is 3. The number of urea groups is 1. The predicted octanol–water partition coefficient (Wildman–Crippen LogP) is 6.90. The third-order valence-electron chi connectivity index (χ3n) is 10.2. The number of aliphatic hydroxyl groups is 2. The number of anilines is 1. The Balaban J connectivity index is 0.000000241. The molecule has 2 amide bonds. The molecule has 0 spiro atoms. The standard InChI is InChI=1S/C32H41NO2.C11H11N5O6S2/c1-31(2,3)26-18-16-25(17-19-26)30(34)15-10-22-33-23-20-29(21-24-33)32(35,27-11-6-4-7-12-27)28-13-8-5-9-14-28;1-5-12-9(15-11(13-5)22-2)14-10(19)16-24(20,21)6-3-4-23-7(6)8(17)18/h4-9,11-14,16-19,29-30,34-35H,10,15,20-24H2,1-3H3;3-4H,1-2H3,(H,17,18)(H2,12,13,14,15,16,19). The molecule has 16 heteroatoms. The fraction of sp³-hybridized carbons (Fsp3) is 0.372. The molecule has 0 aliphatic carbocycles. The van der Waals surface area contributed by atoms with Crippen LogP contribution in [0.5, 0.6) is 6.01 Å². The second-order valence-corrected chi connectivity index (χ2v) is 17.9. The first-order valence-corrected chi connectivity index (χ1v) is 21.6. The van der Waals surface area contributed by atoms with Crippen LogP contribution in [-0.2, 0) is 21.0 Å². The number of ether oxygens (including phenoxy) is 1. The molecule has 5 aromatic rings. The van der Waals surface area contributed by atoms with E-state index in [1.54, 1.807) is 4.72 Å². The quantitative estimate of drug-likeness (QED) is 0.0821. The number of likely N-dealkylation sites (tertiary alicyclic amines) is 1. The van der Waals surface area contributed by atoms with Crippen LogP contribution in [0.25, 0.3) is 0 Å². The number of nitrogens with zero attached hydrogens (tertiary/aromatic N) is 4. The van der Waals surface area contributed by atoms with E-state index in [0.717, 1.165) is 79.4 Å². The van der Waals surface area contributed by atoms with E-state index >= 15 is 0 Å². The molecule has 314 valence electrons. The number of amides is 2. The van der Waals surface area contributed by atoms with Crippen molar-refractivity contribution in [1.82, 2.24) is 24.6 Å². The fourth-order valence-electron chi connectivity index (χ4n) is 7.05. The van der Waals surface area contributed by atoms with Gasteiger partial charge >= 0.3 is 18.0 Å². The normalized spacial score (nSPS) is 14.4. The molecule has 59 heavy (non-hydrogen) atoms. The van der Waals surface area contributed by atoms with Gasteiger partial charge in [-0.15, -0.1) is 11.3 Å². The van der Waals surface area contributed by atoms with E-state index in [9.17, 15) is 28.2 Å². The second-order valence-electron chi connectivity index (χ2n) is 15.3. The number of carbonyl (C=O) groups is 2. The molecule has 0 radical (unpaired) electrons. The van der Waals surface area contributed by atoms with Gasteiger partial charge in [0.25, 0.3) is 10.0 Å². The van der Waals surface area contributed by atoms with Crippen LogP contribution in [0.2, 0.25) is 0 Å². The number of benzene rings is 3. The molecule has 1 fully saturated rings. The maximum absolute atomic E-state index is 12.1. The molecular weight excluding hydrogens is 793 g/mol. The maximum Gasteiger partial charge on any atom is 0.347 e. The summed E-state index contributed by atoms with van der Waals surface area (Å²) < 4.78 is 30.7. The van der Waals surface area contributed by atoms with Gasteiger partial charge in [0, 0.05) is 0 Å². The summed E-state index contributed by atoms with van der Waals surface area (Å²) in [6.07, 6.45) is 3.23. The number of hydrogen-bond acceptors (Lipinski definition) is 12. The minimum atomic E-state index is -4.37. The van der Waals surface area contributed by atoms with Gasteiger partial charge in [0.1, 0.15) is 21.2 Å². The second kappa shape index (κ2) is 19.7. The number of hydrogen-bond donors (Lipinski definition) is 5. The number of thiophene rings is 1. The number of sulfonamides is 1. The van der Waals surface area contributed by atoms with Crippen molar-refractivity contribution >= 4 is 39.3 Å². The molecular formula is C43H52N6O8S2. The first-order valence-electron chi connectivity index (χ1n) is 19.3. The summed E-state index contributed by atoms with van der Waals surface area (Å²) in [6, 6.07) is 28.6. The highest BCUT2D eigenvalue weighted by Crippen LogP contribution is 2.42. The fourth-order valence-corrected chi connectivity index (χ4v) is 9.22. The molecule has 1 aliphatic heterocycles. The van der Waals surface area contributed by atoms with Gasteiger partial charge < -0.3 is 25.0 Å². The summed E-state index contributed by atoms with van der Waals surface area (Å²) in [5.74, 6) is -1.22. The third kappa shape index (κ3) is 11.7. The summed E-state index contributed by atoms with van der Waals surface area (Å²) in [4.78, 5) is 35.7. The Morgan fingerprint density at radius 3 is 2.03 bits per heavy atom. The lowest BCUT2D eigenvalue weighted by Gasteiger charge is -2.42. The highest BCUT2D eigenvalue weighted by molar-refractivity contribution is 7.90. The van der Waals surface area contributed by atoms with Crippen molar-refractivity contribution in [3.63, 3.8) is 0 Å². The topological polar surface area (TPSA) is 204 Å². The molecule has 1 aliphatic rings. The lowest BCUT2D eigenvalue weighted by atomic mass is 9.72. The first-order chi connectivity index (χ1) is 28.0. The van der Waals surface area contributed by atoms with Gasteiger partial charge in [-0.25, -0.2) is 22.7 Å². The molecule has 3 heterocycles. The van der Waals surface area contributed by atoms with E-state index in [2.05, 4.69) is 94.5 Å². The number of piperidine rings is 1. The van der Waals surface area contributed by atoms with Crippen LogP contribution >= 0.6 is 11.3 Å². The summed E-state index contributed by atoms with van der Waals surface area (Å²) >= 11 is 0.723. The van der Waals surface area contributed by atoms with Crippen molar-refractivity contribution in [1.29, 1.82) is 0 Å². The number of aliphatic hydroxyl groups excluding tert-OH is 1. The molecule has 6 rings (SSSR count). The molecule has 0 saturated carbocycles. The van der Waals surface area contributed by atoms with Gasteiger partial charge in [-0.2, -0.15) is 15.0 Å². The third-order valence-corrected chi connectivity index (χ3v) is 12.6. The van der Waals surface area contributed by atoms with Crippen molar-refractivity contribution in [3.8, 4) is 6.01 Å². The first kappa shape index (κ1) is 44.8. The maximum atomic E-state index is 12.1. The molecule has 0 bridgehead atoms. The molecule has 5 N–H and O–H groups in total. The minimum absolute atomic E-state index is 0.0633. The molecule has 2 aromatic heterocycles. The van der Waals surface area contributed by atoms with Crippen molar-refractivity contribution in [2.24, 2.45) is 5.92 Å². The Kier molecular flexibility index (Phi) is 14.9. The largest absolute Gasteiger partial charge is 0.477 e. The Bertz CT molecular complexity index is 2220. The van der Waals surface area contributed by atoms with Crippen LogP contribution < -0.4 is 14.8 Å². The average Bonchev–Trinajstić information content (AvgIpc) is 3.73. The Labute approximate surface area is 349 Å². The number of methoxy groups -OCH3 is 1. The number of aromatic carboxylic acids is 1. The van der Waals surface area contributed by atoms with Crippen LogP contribution in [-0.4, -0.2) is 82.3 Å². The van der Waals surface area contributed by atoms with Crippen LogP contribution in [0.1, 0.15) is 90.3 Å². The number of rotatable bonds is 13. The number of aryl methyl sites for hydroxylation is 1. The van der Waals surface area contributed by atoms with Gasteiger partial charge in [0.2, 0.25) is 5.95 Å². The van der Waals surface area contributed by atoms with E-state index in [-0.39, 0.29) is 29.1 Å². The summed E-state index contributed by atoms with van der Waals surface area (Å²) in [6.45, 7) is 11.1. The zero-order chi connectivity index (χ0) is 42.8. The van der Waals surface area contributed by atoms with Gasteiger partial charge in [-0.1, -0.05) is 106 Å². The SMILES string of the molecule is CC(C)(C)c1ccc(C(O)CCCN2CCC(C(O)(c3ccccc3)c3ccccc3)CC2)cc1.COc1nc(C)nc(NC(=O)NS(=O)(=O)c2ccsc2C(=O)O)n1. The van der Waals surface area contributed by atoms with Crippen molar-refractivity contribution < 1.29 is 38.1 Å². The predicted molar refractivity (Wildman–Crippen MR) is 226 cm³/mol. The molecule has 1 unspecified atom stereocenters. The van der Waals surface area contributed by atoms with Crippen LogP contribution in [0, 0.1) is 12.8 Å². The number of nitrogens with one attached hydrogen (secondary N) is 2. The number of carboxylic acid groups (broad SMARTS) is 1. The summed E-state index contributed by atoms with van der Waals surface area (Å²) in [5, 5.41) is 35.1. The smallest absolute Gasteiger partial charge is 0.347 e. The number of carboxylic acids is 1. The molecule has 14 nitrogen and oxygen atoms in total. The van der Waals surface area contributed by atoms with E-state index in [4.69, 9.17) is 9.84 Å². The van der Waals surface area contributed by atoms with Crippen molar-refractivity contribution in [3.05, 3.63) is 129 Å². The Morgan fingerprint density at radius 1 is 0.898 bits per heavy atom. The van der Waals surface area contributed by atoms with E-state index < -0.39 is 43.5 Å². The average molecular weight is 845 g/mol. The van der Waals surface area contributed by atoms with Crippen molar-refractivity contribution in [2.45, 2.75) is 75.4 Å². The zero-order valence-electron chi connectivity index (χ0n) is 33.8. The monoisotopic (exact) mass is 844 g/mol. The Hall–Kier alpha value is -5.26. The molecule has 1 atom stereocenters. The summed E-state index contributed by atoms with van der Waals surface area (Å²) in [5.41, 5.74) is 3.41. The minimum Gasteiger partial charge on any atom is -0.477 e. The zero-order valence-corrected chi connectivity index (χ0v) is 35.5. The van der Waals surface area contributed by atoms with E-state index in [1.165, 1.54) is 25.0 Å². The molecule has 3 aromatic carbocycles. The number of carbonyl (C=O) groups excluding carboxylic acids is 1. The van der Waals surface area contributed by atoms with Gasteiger partial charge in [0.05, 0.1) is 13.2 Å². The van der Waals surface area contributed by atoms with E-state index in [1.807, 2.05) is 36.4 Å². The summed E-state index contributed by atoms with van der Waals surface area (Å²) in [7, 11) is -3.06. The molecule has 1 saturated heterocycles. The Morgan fingerprint density at radius 2 is 1.49 bits per heavy atom. The van der Waals surface area contributed by atoms with Crippen LogP contribution in [0.15, 0.2) is 101 Å². The van der Waals surface area contributed by atoms with E-state index in [0.29, 0.717) is 0 Å². The lowest BCUT2D eigenvalue weighted by molar-refractivity contribution is -0.0146. The van der Waals surface area contributed by atoms with Crippen LogP contribution in [0.3, 0.4) is 0 Å². The van der Waals surface area contributed by atoms with Gasteiger partial charge in [-0.3, -0.25) is 5.32 Å².